The predicted octanol–water partition coefficient (Wildman–Crippen LogP) is 5.18. The molecule has 0 bridgehead atoms. The summed E-state index contributed by atoms with van der Waals surface area (Å²) in [6.45, 7) is 7.12. The number of aryl methyl sites for hydroxylation is 2. The highest BCUT2D eigenvalue weighted by molar-refractivity contribution is 6.31. The molecule has 0 aromatic heterocycles. The van der Waals surface area contributed by atoms with E-state index in [1.54, 1.807) is 6.07 Å². The summed E-state index contributed by atoms with van der Waals surface area (Å²) >= 11 is 6.32. The molecule has 0 aliphatic rings. The molecule has 1 N–H and O–H groups in total. The monoisotopic (exact) mass is 305 g/mol. The van der Waals surface area contributed by atoms with Crippen LogP contribution in [0.3, 0.4) is 0 Å². The van der Waals surface area contributed by atoms with Crippen LogP contribution in [0.2, 0.25) is 5.02 Å². The van der Waals surface area contributed by atoms with Crippen molar-refractivity contribution in [2.75, 3.05) is 6.54 Å². The van der Waals surface area contributed by atoms with Crippen molar-refractivity contribution in [1.29, 1.82) is 0 Å². The highest BCUT2D eigenvalue weighted by Gasteiger charge is 2.20. The van der Waals surface area contributed by atoms with Gasteiger partial charge in [-0.3, -0.25) is 0 Å². The Hall–Kier alpha value is -1.38. The molecule has 2 aromatic carbocycles. The lowest BCUT2D eigenvalue weighted by Crippen LogP contribution is -2.25. The van der Waals surface area contributed by atoms with E-state index in [0.717, 1.165) is 18.5 Å². The van der Waals surface area contributed by atoms with E-state index in [4.69, 9.17) is 11.6 Å². The Bertz CT molecular complexity index is 604. The van der Waals surface area contributed by atoms with Gasteiger partial charge in [0.15, 0.2) is 0 Å². The fourth-order valence-electron chi connectivity index (χ4n) is 2.67. The van der Waals surface area contributed by atoms with Crippen molar-refractivity contribution < 1.29 is 4.39 Å². The van der Waals surface area contributed by atoms with Gasteiger partial charge in [0.2, 0.25) is 0 Å². The van der Waals surface area contributed by atoms with Crippen molar-refractivity contribution in [2.45, 2.75) is 33.2 Å². The average molecular weight is 306 g/mol. The van der Waals surface area contributed by atoms with Gasteiger partial charge in [0, 0.05) is 5.02 Å². The van der Waals surface area contributed by atoms with Crippen molar-refractivity contribution in [2.24, 2.45) is 0 Å². The second-order valence-corrected chi connectivity index (χ2v) is 5.77. The number of rotatable bonds is 5. The molecule has 0 aliphatic heterocycles. The normalized spacial score (nSPS) is 12.4. The van der Waals surface area contributed by atoms with Crippen molar-refractivity contribution in [3.8, 4) is 0 Å². The third-order valence-corrected chi connectivity index (χ3v) is 4.04. The SMILES string of the molecule is CCCNC(c1cc(F)ccc1Cl)c1c(C)cccc1C. The Morgan fingerprint density at radius 2 is 1.81 bits per heavy atom. The van der Waals surface area contributed by atoms with Crippen LogP contribution >= 0.6 is 11.6 Å². The molecule has 21 heavy (non-hydrogen) atoms. The minimum Gasteiger partial charge on any atom is -0.306 e. The van der Waals surface area contributed by atoms with Crippen LogP contribution in [-0.4, -0.2) is 6.54 Å². The van der Waals surface area contributed by atoms with E-state index < -0.39 is 0 Å². The van der Waals surface area contributed by atoms with E-state index in [9.17, 15) is 4.39 Å². The van der Waals surface area contributed by atoms with Gasteiger partial charge in [-0.05, 0) is 67.3 Å². The summed E-state index contributed by atoms with van der Waals surface area (Å²) in [6.07, 6.45) is 1.01. The van der Waals surface area contributed by atoms with Crippen LogP contribution < -0.4 is 5.32 Å². The molecule has 112 valence electrons. The number of hydrogen-bond donors (Lipinski definition) is 1. The first-order valence-corrected chi connectivity index (χ1v) is 7.66. The Balaban J connectivity index is 2.55. The zero-order chi connectivity index (χ0) is 15.4. The van der Waals surface area contributed by atoms with Gasteiger partial charge in [-0.25, -0.2) is 4.39 Å². The van der Waals surface area contributed by atoms with Gasteiger partial charge in [0.05, 0.1) is 6.04 Å². The van der Waals surface area contributed by atoms with Crippen LogP contribution in [0.15, 0.2) is 36.4 Å². The molecule has 1 atom stereocenters. The van der Waals surface area contributed by atoms with Gasteiger partial charge in [0.1, 0.15) is 5.82 Å². The third-order valence-electron chi connectivity index (χ3n) is 3.70. The van der Waals surface area contributed by atoms with Crippen molar-refractivity contribution in [3.05, 3.63) is 69.5 Å². The zero-order valence-electron chi connectivity index (χ0n) is 12.7. The van der Waals surface area contributed by atoms with Gasteiger partial charge in [-0.2, -0.15) is 0 Å². The lowest BCUT2D eigenvalue weighted by atomic mass is 9.91. The summed E-state index contributed by atoms with van der Waals surface area (Å²) in [5.41, 5.74) is 4.34. The molecule has 0 saturated heterocycles. The fraction of sp³-hybridized carbons (Fsp3) is 0.333. The van der Waals surface area contributed by atoms with Crippen molar-refractivity contribution >= 4 is 11.6 Å². The van der Waals surface area contributed by atoms with E-state index in [1.165, 1.54) is 28.8 Å². The van der Waals surface area contributed by atoms with E-state index in [-0.39, 0.29) is 11.9 Å². The van der Waals surface area contributed by atoms with E-state index in [0.29, 0.717) is 5.02 Å². The molecule has 2 rings (SSSR count). The largest absolute Gasteiger partial charge is 0.306 e. The molecule has 2 aromatic rings. The Kier molecular flexibility index (Phi) is 5.38. The van der Waals surface area contributed by atoms with E-state index in [2.05, 4.69) is 38.2 Å². The lowest BCUT2D eigenvalue weighted by Gasteiger charge is -2.24. The smallest absolute Gasteiger partial charge is 0.123 e. The van der Waals surface area contributed by atoms with Crippen LogP contribution in [0.4, 0.5) is 4.39 Å². The van der Waals surface area contributed by atoms with Crippen LogP contribution in [0.5, 0.6) is 0 Å². The second-order valence-electron chi connectivity index (χ2n) is 5.36. The first-order valence-electron chi connectivity index (χ1n) is 7.29. The highest BCUT2D eigenvalue weighted by Crippen LogP contribution is 2.32. The number of hydrogen-bond acceptors (Lipinski definition) is 1. The molecule has 0 fully saturated rings. The fourth-order valence-corrected chi connectivity index (χ4v) is 2.90. The van der Waals surface area contributed by atoms with Gasteiger partial charge < -0.3 is 5.32 Å². The first kappa shape index (κ1) is 16.0. The summed E-state index contributed by atoms with van der Waals surface area (Å²) < 4.78 is 13.7. The maximum atomic E-state index is 13.7. The molecule has 0 amide bonds. The summed E-state index contributed by atoms with van der Waals surface area (Å²) in [5.74, 6) is -0.260. The molecular formula is C18H21ClFN. The first-order chi connectivity index (χ1) is 10.0. The maximum absolute atomic E-state index is 13.7. The molecule has 0 radical (unpaired) electrons. The number of nitrogens with one attached hydrogen (secondary N) is 1. The van der Waals surface area contributed by atoms with Crippen LogP contribution in [0.25, 0.3) is 0 Å². The Labute approximate surface area is 131 Å². The van der Waals surface area contributed by atoms with Gasteiger partial charge >= 0.3 is 0 Å². The van der Waals surface area contributed by atoms with E-state index in [1.807, 2.05) is 6.07 Å². The third kappa shape index (κ3) is 3.63. The molecule has 0 saturated carbocycles. The van der Waals surface area contributed by atoms with Gasteiger partial charge in [-0.15, -0.1) is 0 Å². The topological polar surface area (TPSA) is 12.0 Å². The standard InChI is InChI=1S/C18H21ClFN/c1-4-10-21-18(15-11-14(20)8-9-16(15)19)17-12(2)6-5-7-13(17)3/h5-9,11,18,21H,4,10H2,1-3H3. The number of halogens is 2. The second kappa shape index (κ2) is 7.06. The average Bonchev–Trinajstić information content (AvgIpc) is 2.45. The van der Waals surface area contributed by atoms with Crippen molar-refractivity contribution in [3.63, 3.8) is 0 Å². The molecule has 1 unspecified atom stereocenters. The van der Waals surface area contributed by atoms with Crippen molar-refractivity contribution in [1.82, 2.24) is 5.32 Å². The summed E-state index contributed by atoms with van der Waals surface area (Å²) in [4.78, 5) is 0. The minimum absolute atomic E-state index is 0.0886. The van der Waals surface area contributed by atoms with Crippen LogP contribution in [0.1, 0.15) is 41.6 Å². The quantitative estimate of drug-likeness (QED) is 0.802. The van der Waals surface area contributed by atoms with Crippen LogP contribution in [-0.2, 0) is 0 Å². The molecule has 0 spiro atoms. The van der Waals surface area contributed by atoms with E-state index >= 15 is 0 Å². The predicted molar refractivity (Wildman–Crippen MR) is 87.5 cm³/mol. The summed E-state index contributed by atoms with van der Waals surface area (Å²) in [7, 11) is 0. The number of benzene rings is 2. The Morgan fingerprint density at radius 1 is 1.14 bits per heavy atom. The molecular weight excluding hydrogens is 285 g/mol. The summed E-state index contributed by atoms with van der Waals surface area (Å²) in [6, 6.07) is 10.7. The molecule has 0 aliphatic carbocycles. The molecule has 3 heteroatoms. The summed E-state index contributed by atoms with van der Waals surface area (Å²) in [5, 5.41) is 4.09. The molecule has 1 nitrogen and oxygen atoms in total. The molecule has 0 heterocycles. The maximum Gasteiger partial charge on any atom is 0.123 e. The Morgan fingerprint density at radius 3 is 2.43 bits per heavy atom. The highest BCUT2D eigenvalue weighted by atomic mass is 35.5. The van der Waals surface area contributed by atoms with Gasteiger partial charge in [0.25, 0.3) is 0 Å². The minimum atomic E-state index is -0.260. The van der Waals surface area contributed by atoms with Gasteiger partial charge in [-0.1, -0.05) is 36.7 Å². The zero-order valence-corrected chi connectivity index (χ0v) is 13.5. The lowest BCUT2D eigenvalue weighted by molar-refractivity contribution is 0.582. The van der Waals surface area contributed by atoms with Crippen LogP contribution in [0, 0.1) is 19.7 Å².